The lowest BCUT2D eigenvalue weighted by atomic mass is 10.0. The number of rotatable bonds is 6. The van der Waals surface area contributed by atoms with Gasteiger partial charge in [0.15, 0.2) is 5.82 Å². The first-order valence-electron chi connectivity index (χ1n) is 9.49. The molecule has 1 heterocycles. The summed E-state index contributed by atoms with van der Waals surface area (Å²) in [6, 6.07) is 13.1. The van der Waals surface area contributed by atoms with Crippen LogP contribution in [0.3, 0.4) is 0 Å². The first-order chi connectivity index (χ1) is 14.5. The van der Waals surface area contributed by atoms with Crippen molar-refractivity contribution in [3.63, 3.8) is 0 Å². The second-order valence-corrected chi connectivity index (χ2v) is 8.66. The third-order valence-corrected chi connectivity index (χ3v) is 6.12. The van der Waals surface area contributed by atoms with Crippen LogP contribution >= 0.6 is 11.5 Å². The maximum absolute atomic E-state index is 11.1. The van der Waals surface area contributed by atoms with Crippen LogP contribution in [0.2, 0.25) is 0 Å². The smallest absolute Gasteiger partial charge is 0.177 e. The van der Waals surface area contributed by atoms with E-state index in [-0.39, 0.29) is 12.1 Å². The van der Waals surface area contributed by atoms with Gasteiger partial charge in [0.25, 0.3) is 0 Å². The van der Waals surface area contributed by atoms with Crippen molar-refractivity contribution < 1.29 is 13.5 Å². The van der Waals surface area contributed by atoms with Crippen molar-refractivity contribution in [2.45, 2.75) is 38.8 Å². The molecule has 4 rings (SSSR count). The molecule has 154 valence electrons. The number of fused-ring (bicyclic) bond motifs is 1. The second-order valence-electron chi connectivity index (χ2n) is 7.20. The van der Waals surface area contributed by atoms with Gasteiger partial charge in [0.1, 0.15) is 16.8 Å². The summed E-state index contributed by atoms with van der Waals surface area (Å²) < 4.78 is 35.2. The van der Waals surface area contributed by atoms with Crippen molar-refractivity contribution >= 4 is 22.8 Å². The summed E-state index contributed by atoms with van der Waals surface area (Å²) >= 11 is -1.03. The molecule has 0 saturated heterocycles. The van der Waals surface area contributed by atoms with Crippen LogP contribution in [0.15, 0.2) is 36.4 Å². The van der Waals surface area contributed by atoms with Crippen LogP contribution in [-0.4, -0.2) is 24.2 Å². The Kier molecular flexibility index (Phi) is 5.92. The molecule has 2 unspecified atom stereocenters. The van der Waals surface area contributed by atoms with Gasteiger partial charge in [0.2, 0.25) is 0 Å². The fourth-order valence-electron chi connectivity index (χ4n) is 3.70. The van der Waals surface area contributed by atoms with Gasteiger partial charge in [-0.3, -0.25) is 4.21 Å². The lowest BCUT2D eigenvalue weighted by Crippen LogP contribution is -2.21. The van der Waals surface area contributed by atoms with Gasteiger partial charge < -0.3 is 9.29 Å². The molecule has 30 heavy (non-hydrogen) atoms. The van der Waals surface area contributed by atoms with Gasteiger partial charge in [-0.05, 0) is 61.5 Å². The van der Waals surface area contributed by atoms with Gasteiger partial charge >= 0.3 is 0 Å². The molecule has 2 atom stereocenters. The average Bonchev–Trinajstić information content (AvgIpc) is 3.35. The highest BCUT2D eigenvalue weighted by Crippen LogP contribution is 2.40. The summed E-state index contributed by atoms with van der Waals surface area (Å²) in [5, 5.41) is 10.2. The summed E-state index contributed by atoms with van der Waals surface area (Å²) in [5.74, 6) is 0.994. The first-order valence-corrected chi connectivity index (χ1v) is 11.3. The van der Waals surface area contributed by atoms with Crippen LogP contribution in [-0.2, 0) is 17.7 Å². The van der Waals surface area contributed by atoms with Crippen molar-refractivity contribution in [1.82, 2.24) is 14.1 Å². The predicted octanol–water partition coefficient (Wildman–Crippen LogP) is 3.90. The van der Waals surface area contributed by atoms with Crippen LogP contribution in [0, 0.1) is 11.3 Å². The minimum Gasteiger partial charge on any atom is -0.760 e. The molecule has 2 aromatic carbocycles. The highest BCUT2D eigenvalue weighted by molar-refractivity contribution is 7.77. The monoisotopic (exact) mass is 439 g/mol. The molecule has 0 fully saturated rings. The third-order valence-electron chi connectivity index (χ3n) is 4.90. The highest BCUT2D eigenvalue weighted by atomic mass is 32.2. The Bertz CT molecular complexity index is 1150. The molecule has 0 aliphatic heterocycles. The predicted molar refractivity (Wildman–Crippen MR) is 114 cm³/mol. The Morgan fingerprint density at radius 2 is 2.07 bits per heavy atom. The molecule has 1 aliphatic rings. The van der Waals surface area contributed by atoms with Crippen LogP contribution in [0.4, 0.5) is 0 Å². The molecule has 0 saturated carbocycles. The van der Waals surface area contributed by atoms with Crippen molar-refractivity contribution in [1.29, 1.82) is 5.26 Å². The maximum Gasteiger partial charge on any atom is 0.177 e. The number of nitriles is 1. The quantitative estimate of drug-likeness (QED) is 0.583. The highest BCUT2D eigenvalue weighted by Gasteiger charge is 2.26. The van der Waals surface area contributed by atoms with Crippen molar-refractivity contribution in [2.75, 3.05) is 0 Å². The number of hydrogen-bond acceptors (Lipinski definition) is 7. The van der Waals surface area contributed by atoms with E-state index < -0.39 is 11.3 Å². The Labute approximate surface area is 181 Å². The topological polar surface area (TPSA) is 111 Å². The summed E-state index contributed by atoms with van der Waals surface area (Å²) in [4.78, 5) is 4.73. The number of nitrogens with one attached hydrogen (secondary N) is 1. The summed E-state index contributed by atoms with van der Waals surface area (Å²) in [6.07, 6.45) is 1.38. The van der Waals surface area contributed by atoms with Crippen LogP contribution in [0.1, 0.15) is 43.0 Å². The Morgan fingerprint density at radius 3 is 2.80 bits per heavy atom. The zero-order chi connectivity index (χ0) is 21.3. The molecule has 0 spiro atoms. The van der Waals surface area contributed by atoms with Gasteiger partial charge in [-0.2, -0.15) is 9.64 Å². The standard InChI is InChI=1S/C21H20N4O3S2/c1-12(2)28-19-13(11-22)5-3-8-17(19)20-23-21(29-24-20)16-7-4-6-15-14(16)9-10-18(15)25-30(26)27/h3-8,12,18,25H,9-10H2,1-2H3,(H,26,27)/p-1. The van der Waals surface area contributed by atoms with Gasteiger partial charge in [-0.1, -0.05) is 24.3 Å². The van der Waals surface area contributed by atoms with Gasteiger partial charge in [0, 0.05) is 22.9 Å². The van der Waals surface area contributed by atoms with E-state index in [9.17, 15) is 14.0 Å². The molecule has 3 aromatic rings. The summed E-state index contributed by atoms with van der Waals surface area (Å²) in [6.45, 7) is 3.81. The molecular weight excluding hydrogens is 420 g/mol. The number of aromatic nitrogens is 2. The molecular formula is C21H19N4O3S2-. The molecule has 0 amide bonds. The van der Waals surface area contributed by atoms with E-state index in [2.05, 4.69) is 15.2 Å². The maximum atomic E-state index is 11.1. The fraction of sp³-hybridized carbons (Fsp3) is 0.286. The number of para-hydroxylation sites is 1. The van der Waals surface area contributed by atoms with Gasteiger partial charge in [-0.25, -0.2) is 9.71 Å². The molecule has 1 aromatic heterocycles. The number of ether oxygens (including phenoxy) is 1. The molecule has 7 nitrogen and oxygen atoms in total. The lowest BCUT2D eigenvalue weighted by molar-refractivity contribution is 0.242. The fourth-order valence-corrected chi connectivity index (χ4v) is 4.91. The van der Waals surface area contributed by atoms with E-state index >= 15 is 0 Å². The Balaban J connectivity index is 1.73. The van der Waals surface area contributed by atoms with E-state index in [0.29, 0.717) is 29.1 Å². The minimum atomic E-state index is -2.31. The van der Waals surface area contributed by atoms with Gasteiger partial charge in [-0.15, -0.1) is 0 Å². The third kappa shape index (κ3) is 4.00. The lowest BCUT2D eigenvalue weighted by Gasteiger charge is -2.16. The minimum absolute atomic E-state index is 0.0928. The van der Waals surface area contributed by atoms with E-state index in [4.69, 9.17) is 9.72 Å². The van der Waals surface area contributed by atoms with Crippen molar-refractivity contribution in [3.8, 4) is 33.8 Å². The number of nitrogens with zero attached hydrogens (tertiary/aromatic N) is 3. The van der Waals surface area contributed by atoms with Crippen molar-refractivity contribution in [3.05, 3.63) is 53.1 Å². The van der Waals surface area contributed by atoms with E-state index in [0.717, 1.165) is 28.1 Å². The summed E-state index contributed by atoms with van der Waals surface area (Å²) in [7, 11) is 0. The Hall–Kier alpha value is -2.64. The van der Waals surface area contributed by atoms with Crippen LogP contribution < -0.4 is 9.46 Å². The van der Waals surface area contributed by atoms with E-state index in [1.54, 1.807) is 12.1 Å². The normalized spacial score (nSPS) is 16.3. The first kappa shape index (κ1) is 20.6. The van der Waals surface area contributed by atoms with Gasteiger partial charge in [0.05, 0.1) is 17.2 Å². The van der Waals surface area contributed by atoms with Crippen molar-refractivity contribution in [2.24, 2.45) is 0 Å². The molecule has 0 bridgehead atoms. The second kappa shape index (κ2) is 8.62. The molecule has 9 heteroatoms. The molecule has 1 N–H and O–H groups in total. The van der Waals surface area contributed by atoms with E-state index in [1.807, 2.05) is 38.1 Å². The Morgan fingerprint density at radius 1 is 1.30 bits per heavy atom. The number of hydrogen-bond donors (Lipinski definition) is 1. The average molecular weight is 440 g/mol. The number of benzene rings is 2. The largest absolute Gasteiger partial charge is 0.760 e. The zero-order valence-corrected chi connectivity index (χ0v) is 18.0. The van der Waals surface area contributed by atoms with Crippen LogP contribution in [0.5, 0.6) is 5.75 Å². The van der Waals surface area contributed by atoms with Crippen LogP contribution in [0.25, 0.3) is 22.0 Å². The van der Waals surface area contributed by atoms with E-state index in [1.165, 1.54) is 11.5 Å². The SMILES string of the molecule is CC(C)Oc1c(C#N)cccc1-c1nsc(-c2cccc3c2CCC3NS(=O)[O-])n1. The molecule has 0 radical (unpaired) electrons. The summed E-state index contributed by atoms with van der Waals surface area (Å²) in [5.41, 5.74) is 4.15. The molecule has 1 aliphatic carbocycles. The zero-order valence-electron chi connectivity index (χ0n) is 16.4.